The Kier molecular flexibility index (Phi) is 3.40. The van der Waals surface area contributed by atoms with Crippen molar-refractivity contribution in [2.24, 2.45) is 0 Å². The molecular formula is C16H11N3OS2. The summed E-state index contributed by atoms with van der Waals surface area (Å²) in [4.78, 5) is 24.3. The molecule has 0 aliphatic heterocycles. The van der Waals surface area contributed by atoms with Gasteiger partial charge in [-0.15, -0.1) is 11.3 Å². The highest BCUT2D eigenvalue weighted by Gasteiger charge is 2.08. The number of hydrogen-bond donors (Lipinski definition) is 1. The molecule has 0 bridgehead atoms. The van der Waals surface area contributed by atoms with E-state index in [0.29, 0.717) is 10.5 Å². The van der Waals surface area contributed by atoms with Gasteiger partial charge in [0.25, 0.3) is 0 Å². The van der Waals surface area contributed by atoms with Crippen LogP contribution in [0.1, 0.15) is 5.82 Å². The monoisotopic (exact) mass is 325 g/mol. The first-order valence-corrected chi connectivity index (χ1v) is 8.56. The van der Waals surface area contributed by atoms with E-state index in [1.807, 2.05) is 36.4 Å². The summed E-state index contributed by atoms with van der Waals surface area (Å²) in [6.07, 6.45) is 0. The first-order chi connectivity index (χ1) is 10.8. The maximum Gasteiger partial charge on any atom is 0.198 e. The number of fused-ring (bicyclic) bond motifs is 2. The molecule has 0 atom stereocenters. The van der Waals surface area contributed by atoms with Gasteiger partial charge in [0.2, 0.25) is 0 Å². The number of benzene rings is 1. The van der Waals surface area contributed by atoms with Crippen molar-refractivity contribution in [1.29, 1.82) is 0 Å². The van der Waals surface area contributed by atoms with E-state index in [1.54, 1.807) is 23.9 Å². The molecule has 22 heavy (non-hydrogen) atoms. The average molecular weight is 325 g/mol. The fourth-order valence-electron chi connectivity index (χ4n) is 2.23. The molecule has 4 rings (SSSR count). The summed E-state index contributed by atoms with van der Waals surface area (Å²) in [6.45, 7) is 0. The summed E-state index contributed by atoms with van der Waals surface area (Å²) >= 11 is 3.04. The van der Waals surface area contributed by atoms with E-state index >= 15 is 0 Å². The predicted molar refractivity (Wildman–Crippen MR) is 91.5 cm³/mol. The number of aromatic nitrogens is 3. The highest BCUT2D eigenvalue weighted by atomic mass is 32.2. The summed E-state index contributed by atoms with van der Waals surface area (Å²) in [5.74, 6) is 1.62. The maximum atomic E-state index is 11.9. The minimum atomic E-state index is 0.0214. The first kappa shape index (κ1) is 13.5. The maximum absolute atomic E-state index is 11.9. The number of H-pyrrole nitrogens is 1. The summed E-state index contributed by atoms with van der Waals surface area (Å²) in [5.41, 5.74) is 2.78. The van der Waals surface area contributed by atoms with Crippen molar-refractivity contribution in [3.63, 3.8) is 0 Å². The quantitative estimate of drug-likeness (QED) is 0.582. The number of hydrogen-bond acceptors (Lipinski definition) is 5. The van der Waals surface area contributed by atoms with E-state index in [-0.39, 0.29) is 5.43 Å². The highest BCUT2D eigenvalue weighted by molar-refractivity contribution is 8.00. The molecule has 2 aromatic carbocycles. The van der Waals surface area contributed by atoms with Crippen LogP contribution >= 0.6 is 23.1 Å². The van der Waals surface area contributed by atoms with Gasteiger partial charge in [-0.2, -0.15) is 0 Å². The number of nitrogens with one attached hydrogen (secondary N) is 1. The van der Waals surface area contributed by atoms with Gasteiger partial charge in [0.1, 0.15) is 10.5 Å². The van der Waals surface area contributed by atoms with Crippen LogP contribution in [0.15, 0.2) is 57.7 Å². The molecule has 0 aliphatic carbocycles. The lowest BCUT2D eigenvalue weighted by molar-refractivity contribution is 1.14. The van der Waals surface area contributed by atoms with Gasteiger partial charge in [0.15, 0.2) is 9.77 Å². The Balaban J connectivity index is 1.61. The van der Waals surface area contributed by atoms with Crippen LogP contribution in [0, 0.1) is 0 Å². The van der Waals surface area contributed by atoms with Crippen molar-refractivity contribution in [1.82, 2.24) is 15.0 Å². The molecule has 4 nitrogen and oxygen atoms in total. The molecule has 1 N–H and O–H groups in total. The zero-order valence-corrected chi connectivity index (χ0v) is 13.1. The van der Waals surface area contributed by atoms with Crippen LogP contribution in [0.5, 0.6) is 0 Å². The Morgan fingerprint density at radius 1 is 1.00 bits per heavy atom. The molecule has 0 amide bonds. The molecule has 0 aliphatic rings. The van der Waals surface area contributed by atoms with Gasteiger partial charge < -0.3 is 4.98 Å². The van der Waals surface area contributed by atoms with Gasteiger partial charge in [-0.3, -0.25) is 4.79 Å². The Hall–Kier alpha value is -2.18. The van der Waals surface area contributed by atoms with Crippen LogP contribution in [0.3, 0.4) is 0 Å². The fraction of sp³-hybridized carbons (Fsp3) is 0.0625. The van der Waals surface area contributed by atoms with Gasteiger partial charge in [0.05, 0.1) is 22.3 Å². The van der Waals surface area contributed by atoms with Gasteiger partial charge in [-0.1, -0.05) is 36.0 Å². The smallest absolute Gasteiger partial charge is 0.198 e. The van der Waals surface area contributed by atoms with E-state index in [2.05, 4.69) is 15.0 Å². The molecular weight excluding hydrogens is 314 g/mol. The Bertz CT molecular complexity index is 989. The molecule has 0 spiro atoms. The number of thioether (sulfide) groups is 1. The number of rotatable bonds is 3. The van der Waals surface area contributed by atoms with E-state index in [0.717, 1.165) is 26.7 Å². The number of thiazole rings is 1. The lowest BCUT2D eigenvalue weighted by Crippen LogP contribution is -1.90. The normalized spacial score (nSPS) is 11.3. The van der Waals surface area contributed by atoms with Crippen LogP contribution in [0.2, 0.25) is 0 Å². The summed E-state index contributed by atoms with van der Waals surface area (Å²) in [7, 11) is 0. The Morgan fingerprint density at radius 3 is 2.64 bits per heavy atom. The molecule has 2 heterocycles. The second-order valence-electron chi connectivity index (χ2n) is 4.77. The van der Waals surface area contributed by atoms with Crippen LogP contribution < -0.4 is 5.43 Å². The fourth-order valence-corrected chi connectivity index (χ4v) is 4.16. The van der Waals surface area contributed by atoms with E-state index < -0.39 is 0 Å². The third kappa shape index (κ3) is 2.51. The summed E-state index contributed by atoms with van der Waals surface area (Å²) in [6, 6.07) is 15.0. The third-order valence-corrected chi connectivity index (χ3v) is 5.48. The third-order valence-electron chi connectivity index (χ3n) is 3.24. The van der Waals surface area contributed by atoms with Crippen LogP contribution in [0.4, 0.5) is 0 Å². The van der Waals surface area contributed by atoms with Crippen LogP contribution in [-0.2, 0) is 5.75 Å². The Morgan fingerprint density at radius 2 is 1.77 bits per heavy atom. The SMILES string of the molecule is O=c1ccccc2nc(SCc3nc4ccccc4[nH]3)sc12. The minimum absolute atomic E-state index is 0.0214. The van der Waals surface area contributed by atoms with Crippen molar-refractivity contribution in [3.8, 4) is 0 Å². The van der Waals surface area contributed by atoms with E-state index in [9.17, 15) is 4.79 Å². The van der Waals surface area contributed by atoms with Crippen molar-refractivity contribution in [3.05, 3.63) is 64.6 Å². The minimum Gasteiger partial charge on any atom is -0.341 e. The number of aromatic amines is 1. The lowest BCUT2D eigenvalue weighted by atomic mass is 10.3. The zero-order chi connectivity index (χ0) is 14.9. The van der Waals surface area contributed by atoms with Crippen molar-refractivity contribution in [2.75, 3.05) is 0 Å². The number of nitrogens with zero attached hydrogens (tertiary/aromatic N) is 2. The van der Waals surface area contributed by atoms with Crippen molar-refractivity contribution < 1.29 is 0 Å². The van der Waals surface area contributed by atoms with E-state index in [1.165, 1.54) is 11.3 Å². The molecule has 0 unspecified atom stereocenters. The average Bonchev–Trinajstić information content (AvgIpc) is 3.09. The van der Waals surface area contributed by atoms with Crippen LogP contribution in [0.25, 0.3) is 21.3 Å². The number of para-hydroxylation sites is 2. The lowest BCUT2D eigenvalue weighted by Gasteiger charge is -1.92. The molecule has 0 fully saturated rings. The predicted octanol–water partition coefficient (Wildman–Crippen LogP) is 3.83. The molecule has 0 saturated carbocycles. The zero-order valence-electron chi connectivity index (χ0n) is 11.4. The first-order valence-electron chi connectivity index (χ1n) is 6.76. The molecule has 4 aromatic rings. The molecule has 6 heteroatoms. The van der Waals surface area contributed by atoms with Gasteiger partial charge in [-0.25, -0.2) is 9.97 Å². The Labute approximate surface area is 134 Å². The highest BCUT2D eigenvalue weighted by Crippen LogP contribution is 2.29. The molecule has 0 saturated heterocycles. The standard InChI is InChI=1S/C16H11N3OS2/c20-13-8-4-3-7-12-15(13)22-16(19-12)21-9-14-17-10-5-1-2-6-11(10)18-14/h1-8H,9H2,(H,17,18). The number of imidazole rings is 1. The van der Waals surface area contributed by atoms with Gasteiger partial charge in [-0.05, 0) is 24.3 Å². The van der Waals surface area contributed by atoms with Crippen molar-refractivity contribution in [2.45, 2.75) is 10.1 Å². The largest absolute Gasteiger partial charge is 0.341 e. The van der Waals surface area contributed by atoms with Crippen molar-refractivity contribution >= 4 is 44.3 Å². The van der Waals surface area contributed by atoms with Gasteiger partial charge >= 0.3 is 0 Å². The van der Waals surface area contributed by atoms with Gasteiger partial charge in [0, 0.05) is 0 Å². The van der Waals surface area contributed by atoms with Crippen LogP contribution in [-0.4, -0.2) is 15.0 Å². The summed E-state index contributed by atoms with van der Waals surface area (Å²) in [5, 5.41) is 0. The second-order valence-corrected chi connectivity index (χ2v) is 6.99. The topological polar surface area (TPSA) is 58.6 Å². The molecule has 108 valence electrons. The second kappa shape index (κ2) is 5.55. The van der Waals surface area contributed by atoms with E-state index in [4.69, 9.17) is 0 Å². The summed E-state index contributed by atoms with van der Waals surface area (Å²) < 4.78 is 1.59. The molecule has 2 aromatic heterocycles. The molecule has 0 radical (unpaired) electrons.